The van der Waals surface area contributed by atoms with Crippen molar-refractivity contribution in [2.45, 2.75) is 51.2 Å². The lowest BCUT2D eigenvalue weighted by Gasteiger charge is -2.41. The molecule has 2 aliphatic rings. The quantitative estimate of drug-likeness (QED) is 0.847. The van der Waals surface area contributed by atoms with E-state index in [1.165, 1.54) is 18.4 Å². The molecule has 1 unspecified atom stereocenters. The Labute approximate surface area is 103 Å². The molecular weight excluding hydrogens is 212 g/mol. The first kappa shape index (κ1) is 11.1. The van der Waals surface area contributed by atoms with E-state index in [-0.39, 0.29) is 11.7 Å². The zero-order chi connectivity index (χ0) is 12.0. The van der Waals surface area contributed by atoms with E-state index in [0.29, 0.717) is 5.92 Å². The minimum Gasteiger partial charge on any atom is -0.487 e. The van der Waals surface area contributed by atoms with Crippen LogP contribution >= 0.6 is 0 Å². The van der Waals surface area contributed by atoms with Gasteiger partial charge in [-0.1, -0.05) is 18.6 Å². The number of fused-ring (bicyclic) bond motifs is 1. The summed E-state index contributed by atoms with van der Waals surface area (Å²) >= 11 is 0. The van der Waals surface area contributed by atoms with Gasteiger partial charge in [-0.25, -0.2) is 0 Å². The highest BCUT2D eigenvalue weighted by atomic mass is 16.5. The molecule has 1 N–H and O–H groups in total. The summed E-state index contributed by atoms with van der Waals surface area (Å²) in [4.78, 5) is 0. The van der Waals surface area contributed by atoms with E-state index in [9.17, 15) is 5.11 Å². The van der Waals surface area contributed by atoms with Crippen molar-refractivity contribution in [2.24, 2.45) is 5.92 Å². The number of benzene rings is 1. The molecular formula is C15H20O2. The average molecular weight is 232 g/mol. The van der Waals surface area contributed by atoms with E-state index >= 15 is 0 Å². The predicted octanol–water partition coefficient (Wildman–Crippen LogP) is 3.37. The lowest BCUT2D eigenvalue weighted by atomic mass is 9.83. The van der Waals surface area contributed by atoms with Crippen molar-refractivity contribution in [1.82, 2.24) is 0 Å². The van der Waals surface area contributed by atoms with Gasteiger partial charge >= 0.3 is 0 Å². The lowest BCUT2D eigenvalue weighted by Crippen LogP contribution is -2.42. The molecule has 0 aromatic heterocycles. The van der Waals surface area contributed by atoms with E-state index in [1.807, 2.05) is 12.1 Å². The number of aliphatic hydroxyl groups is 1. The molecule has 0 spiro atoms. The van der Waals surface area contributed by atoms with Gasteiger partial charge in [-0.05, 0) is 44.2 Å². The molecule has 1 saturated carbocycles. The molecule has 1 aromatic rings. The predicted molar refractivity (Wildman–Crippen MR) is 67.1 cm³/mol. The van der Waals surface area contributed by atoms with Crippen LogP contribution in [0.3, 0.4) is 0 Å². The molecule has 3 rings (SSSR count). The van der Waals surface area contributed by atoms with Gasteiger partial charge in [0.05, 0.1) is 6.10 Å². The molecule has 0 radical (unpaired) electrons. The summed E-state index contributed by atoms with van der Waals surface area (Å²) in [6, 6.07) is 6.12. The molecule has 1 aliphatic heterocycles. The minimum absolute atomic E-state index is 0.109. The van der Waals surface area contributed by atoms with Gasteiger partial charge in [0, 0.05) is 12.0 Å². The molecule has 1 aliphatic carbocycles. The van der Waals surface area contributed by atoms with Crippen molar-refractivity contribution in [2.75, 3.05) is 0 Å². The fraction of sp³-hybridized carbons (Fsp3) is 0.600. The van der Waals surface area contributed by atoms with E-state index in [4.69, 9.17) is 4.74 Å². The van der Waals surface area contributed by atoms with E-state index in [0.717, 1.165) is 24.2 Å². The fourth-order valence-electron chi connectivity index (χ4n) is 3.08. The first-order chi connectivity index (χ1) is 8.14. The first-order valence-corrected chi connectivity index (χ1v) is 6.62. The van der Waals surface area contributed by atoms with Gasteiger partial charge in [-0.2, -0.15) is 0 Å². The molecule has 92 valence electrons. The van der Waals surface area contributed by atoms with Gasteiger partial charge in [0.1, 0.15) is 11.4 Å². The summed E-state index contributed by atoms with van der Waals surface area (Å²) in [6.07, 6.45) is 3.88. The van der Waals surface area contributed by atoms with Crippen LogP contribution in [0.1, 0.15) is 49.8 Å². The number of rotatable bonds is 2. The normalized spacial score (nSPS) is 31.8. The second kappa shape index (κ2) is 3.74. The second-order valence-corrected chi connectivity index (χ2v) is 5.56. The molecule has 1 heterocycles. The molecule has 2 heteroatoms. The maximum atomic E-state index is 10.3. The SMILES string of the molecule is CCC1(C2CC2)C[C@@H](O)c2cc(C)ccc2O1. The van der Waals surface area contributed by atoms with Gasteiger partial charge in [0.25, 0.3) is 0 Å². The largest absolute Gasteiger partial charge is 0.487 e. The van der Waals surface area contributed by atoms with E-state index < -0.39 is 0 Å². The third kappa shape index (κ3) is 1.75. The maximum Gasteiger partial charge on any atom is 0.125 e. The number of aryl methyl sites for hydroxylation is 1. The van der Waals surface area contributed by atoms with E-state index in [1.54, 1.807) is 0 Å². The molecule has 1 fully saturated rings. The van der Waals surface area contributed by atoms with Crippen LogP contribution < -0.4 is 4.74 Å². The fourth-order valence-corrected chi connectivity index (χ4v) is 3.08. The molecule has 0 saturated heterocycles. The van der Waals surface area contributed by atoms with Crippen molar-refractivity contribution < 1.29 is 9.84 Å². The molecule has 0 amide bonds. The summed E-state index contributed by atoms with van der Waals surface area (Å²) in [5.74, 6) is 1.54. The molecule has 2 nitrogen and oxygen atoms in total. The minimum atomic E-state index is -0.362. The van der Waals surface area contributed by atoms with Crippen LogP contribution in [0.2, 0.25) is 0 Å². The standard InChI is InChI=1S/C15H20O2/c1-3-15(11-5-6-11)9-13(16)12-8-10(2)4-7-14(12)17-15/h4,7-8,11,13,16H,3,5-6,9H2,1-2H3/t13-,15?/m1/s1. The monoisotopic (exact) mass is 232 g/mol. The van der Waals surface area contributed by atoms with Crippen LogP contribution in [-0.2, 0) is 0 Å². The zero-order valence-corrected chi connectivity index (χ0v) is 10.6. The third-order valence-corrected chi connectivity index (χ3v) is 4.30. The summed E-state index contributed by atoms with van der Waals surface area (Å²) in [7, 11) is 0. The lowest BCUT2D eigenvalue weighted by molar-refractivity contribution is -0.0328. The van der Waals surface area contributed by atoms with Gasteiger partial charge in [-0.15, -0.1) is 0 Å². The Morgan fingerprint density at radius 2 is 2.18 bits per heavy atom. The van der Waals surface area contributed by atoms with Crippen molar-refractivity contribution >= 4 is 0 Å². The van der Waals surface area contributed by atoms with Gasteiger partial charge in [0.15, 0.2) is 0 Å². The number of hydrogen-bond donors (Lipinski definition) is 1. The van der Waals surface area contributed by atoms with Crippen LogP contribution in [0.5, 0.6) is 5.75 Å². The Kier molecular flexibility index (Phi) is 2.44. The average Bonchev–Trinajstić information content (AvgIpc) is 3.14. The van der Waals surface area contributed by atoms with E-state index in [2.05, 4.69) is 19.9 Å². The number of aliphatic hydroxyl groups excluding tert-OH is 1. The van der Waals surface area contributed by atoms with Crippen LogP contribution in [0, 0.1) is 12.8 Å². The molecule has 1 aromatic carbocycles. The highest BCUT2D eigenvalue weighted by Gasteiger charge is 2.49. The van der Waals surface area contributed by atoms with Crippen LogP contribution in [-0.4, -0.2) is 10.7 Å². The Hall–Kier alpha value is -1.02. The van der Waals surface area contributed by atoms with Crippen molar-refractivity contribution in [3.63, 3.8) is 0 Å². The van der Waals surface area contributed by atoms with Gasteiger partial charge in [0.2, 0.25) is 0 Å². The smallest absolute Gasteiger partial charge is 0.125 e. The molecule has 17 heavy (non-hydrogen) atoms. The number of hydrogen-bond acceptors (Lipinski definition) is 2. The Morgan fingerprint density at radius 1 is 1.41 bits per heavy atom. The Balaban J connectivity index is 1.99. The highest BCUT2D eigenvalue weighted by Crippen LogP contribution is 2.52. The van der Waals surface area contributed by atoms with Crippen molar-refractivity contribution in [3.05, 3.63) is 29.3 Å². The topological polar surface area (TPSA) is 29.5 Å². The van der Waals surface area contributed by atoms with Crippen LogP contribution in [0.15, 0.2) is 18.2 Å². The summed E-state index contributed by atoms with van der Waals surface area (Å²) in [6.45, 7) is 4.22. The van der Waals surface area contributed by atoms with Crippen LogP contribution in [0.4, 0.5) is 0 Å². The third-order valence-electron chi connectivity index (χ3n) is 4.30. The maximum absolute atomic E-state index is 10.3. The molecule has 2 atom stereocenters. The Morgan fingerprint density at radius 3 is 2.82 bits per heavy atom. The summed E-state index contributed by atoms with van der Waals surface area (Å²) in [5, 5.41) is 10.3. The Bertz CT molecular complexity index is 437. The zero-order valence-electron chi connectivity index (χ0n) is 10.6. The second-order valence-electron chi connectivity index (χ2n) is 5.56. The van der Waals surface area contributed by atoms with Crippen LogP contribution in [0.25, 0.3) is 0 Å². The van der Waals surface area contributed by atoms with Crippen molar-refractivity contribution in [3.8, 4) is 5.75 Å². The molecule has 0 bridgehead atoms. The number of ether oxygens (including phenoxy) is 1. The summed E-state index contributed by atoms with van der Waals surface area (Å²) < 4.78 is 6.26. The highest BCUT2D eigenvalue weighted by molar-refractivity contribution is 5.41. The summed E-state index contributed by atoms with van der Waals surface area (Å²) in [5.41, 5.74) is 2.04. The van der Waals surface area contributed by atoms with Crippen molar-refractivity contribution in [1.29, 1.82) is 0 Å². The first-order valence-electron chi connectivity index (χ1n) is 6.62. The van der Waals surface area contributed by atoms with Gasteiger partial charge in [-0.3, -0.25) is 0 Å². The van der Waals surface area contributed by atoms with Gasteiger partial charge < -0.3 is 9.84 Å².